The van der Waals surface area contributed by atoms with E-state index in [1.54, 1.807) is 0 Å². The fourth-order valence-electron chi connectivity index (χ4n) is 2.53. The first-order valence-corrected chi connectivity index (χ1v) is 6.76. The SMILES string of the molecule is C[C@H]1CCCC[C@@H]1NC(=O)Cn1ccc(C(F)(F)F)n1. The quantitative estimate of drug-likeness (QED) is 0.929. The predicted molar refractivity (Wildman–Crippen MR) is 66.8 cm³/mol. The summed E-state index contributed by atoms with van der Waals surface area (Å²) in [6.45, 7) is 1.90. The Morgan fingerprint density at radius 3 is 2.75 bits per heavy atom. The van der Waals surface area contributed by atoms with Crippen LogP contribution in [0.5, 0.6) is 0 Å². The van der Waals surface area contributed by atoms with Crippen molar-refractivity contribution < 1.29 is 18.0 Å². The smallest absolute Gasteiger partial charge is 0.351 e. The molecule has 20 heavy (non-hydrogen) atoms. The molecule has 1 heterocycles. The molecule has 2 atom stereocenters. The lowest BCUT2D eigenvalue weighted by atomic mass is 9.86. The first kappa shape index (κ1) is 14.9. The lowest BCUT2D eigenvalue weighted by molar-refractivity contribution is -0.141. The van der Waals surface area contributed by atoms with Gasteiger partial charge in [-0.25, -0.2) is 0 Å². The second kappa shape index (κ2) is 5.85. The van der Waals surface area contributed by atoms with E-state index in [0.29, 0.717) is 5.92 Å². The Kier molecular flexibility index (Phi) is 4.35. The number of carbonyl (C=O) groups is 1. The number of halogens is 3. The van der Waals surface area contributed by atoms with Crippen LogP contribution in [0.3, 0.4) is 0 Å². The summed E-state index contributed by atoms with van der Waals surface area (Å²) in [6, 6.07) is 0.991. The molecule has 112 valence electrons. The number of nitrogens with zero attached hydrogens (tertiary/aromatic N) is 2. The maximum atomic E-state index is 12.4. The summed E-state index contributed by atoms with van der Waals surface area (Å²) < 4.78 is 38.2. The van der Waals surface area contributed by atoms with Crippen molar-refractivity contribution in [3.63, 3.8) is 0 Å². The van der Waals surface area contributed by atoms with Gasteiger partial charge in [0.1, 0.15) is 6.54 Å². The first-order valence-electron chi connectivity index (χ1n) is 6.76. The van der Waals surface area contributed by atoms with Gasteiger partial charge in [-0.2, -0.15) is 18.3 Å². The Morgan fingerprint density at radius 1 is 1.45 bits per heavy atom. The normalized spacial score (nSPS) is 23.6. The molecule has 1 saturated carbocycles. The van der Waals surface area contributed by atoms with Gasteiger partial charge in [0.05, 0.1) is 0 Å². The highest BCUT2D eigenvalue weighted by Gasteiger charge is 2.33. The molecule has 1 fully saturated rings. The van der Waals surface area contributed by atoms with Gasteiger partial charge < -0.3 is 5.32 Å². The van der Waals surface area contributed by atoms with Crippen LogP contribution in [0.15, 0.2) is 12.3 Å². The molecule has 0 saturated heterocycles. The van der Waals surface area contributed by atoms with Crippen LogP contribution in [0.25, 0.3) is 0 Å². The topological polar surface area (TPSA) is 46.9 Å². The monoisotopic (exact) mass is 289 g/mol. The van der Waals surface area contributed by atoms with Gasteiger partial charge in [-0.3, -0.25) is 9.48 Å². The third-order valence-electron chi connectivity index (χ3n) is 3.69. The predicted octanol–water partition coefficient (Wildman–Crippen LogP) is 2.60. The molecule has 0 aromatic carbocycles. The number of hydrogen-bond donors (Lipinski definition) is 1. The third-order valence-corrected chi connectivity index (χ3v) is 3.69. The van der Waals surface area contributed by atoms with Crippen molar-refractivity contribution in [1.82, 2.24) is 15.1 Å². The Bertz CT molecular complexity index is 470. The van der Waals surface area contributed by atoms with E-state index in [1.165, 1.54) is 12.6 Å². The van der Waals surface area contributed by atoms with Crippen molar-refractivity contribution in [2.75, 3.05) is 0 Å². The van der Waals surface area contributed by atoms with Crippen molar-refractivity contribution in [3.05, 3.63) is 18.0 Å². The van der Waals surface area contributed by atoms with Crippen molar-refractivity contribution in [2.24, 2.45) is 5.92 Å². The van der Waals surface area contributed by atoms with Crippen LogP contribution in [0.2, 0.25) is 0 Å². The standard InChI is InChI=1S/C13H18F3N3O/c1-9-4-2-3-5-10(9)17-12(20)8-19-7-6-11(18-19)13(14,15)16/h6-7,9-10H,2-5,8H2,1H3,(H,17,20)/t9-,10-/m0/s1. The van der Waals surface area contributed by atoms with Crippen LogP contribution in [-0.2, 0) is 17.5 Å². The fraction of sp³-hybridized carbons (Fsp3) is 0.692. The second-order valence-electron chi connectivity index (χ2n) is 5.33. The Balaban J connectivity index is 1.89. The van der Waals surface area contributed by atoms with E-state index in [9.17, 15) is 18.0 Å². The summed E-state index contributed by atoms with van der Waals surface area (Å²) in [4.78, 5) is 11.8. The van der Waals surface area contributed by atoms with Gasteiger partial charge >= 0.3 is 6.18 Å². The van der Waals surface area contributed by atoms with E-state index in [4.69, 9.17) is 0 Å². The number of carbonyl (C=O) groups excluding carboxylic acids is 1. The molecule has 4 nitrogen and oxygen atoms in total. The molecule has 2 rings (SSSR count). The van der Waals surface area contributed by atoms with Crippen LogP contribution >= 0.6 is 0 Å². The van der Waals surface area contributed by atoms with Crippen molar-refractivity contribution >= 4 is 5.91 Å². The average Bonchev–Trinajstić information content (AvgIpc) is 2.80. The molecule has 0 bridgehead atoms. The largest absolute Gasteiger partial charge is 0.435 e. The molecule has 1 aliphatic carbocycles. The molecule has 1 aromatic rings. The highest BCUT2D eigenvalue weighted by atomic mass is 19.4. The third kappa shape index (κ3) is 3.74. The highest BCUT2D eigenvalue weighted by molar-refractivity contribution is 5.76. The molecule has 0 aliphatic heterocycles. The maximum Gasteiger partial charge on any atom is 0.435 e. The van der Waals surface area contributed by atoms with Crippen LogP contribution in [0.4, 0.5) is 13.2 Å². The van der Waals surface area contributed by atoms with E-state index in [2.05, 4.69) is 17.3 Å². The summed E-state index contributed by atoms with van der Waals surface area (Å²) in [5, 5.41) is 6.25. The minimum Gasteiger partial charge on any atom is -0.351 e. The van der Waals surface area contributed by atoms with E-state index in [1.807, 2.05) is 0 Å². The first-order chi connectivity index (χ1) is 9.36. The van der Waals surface area contributed by atoms with Crippen LogP contribution in [0, 0.1) is 5.92 Å². The van der Waals surface area contributed by atoms with E-state index in [-0.39, 0.29) is 18.5 Å². The lowest BCUT2D eigenvalue weighted by Gasteiger charge is -2.29. The maximum absolute atomic E-state index is 12.4. The van der Waals surface area contributed by atoms with Gasteiger partial charge in [-0.1, -0.05) is 19.8 Å². The van der Waals surface area contributed by atoms with Gasteiger partial charge in [-0.05, 0) is 24.8 Å². The number of nitrogens with one attached hydrogen (secondary N) is 1. The minimum absolute atomic E-state index is 0.119. The number of amides is 1. The molecule has 1 aromatic heterocycles. The summed E-state index contributed by atoms with van der Waals surface area (Å²) >= 11 is 0. The molecule has 0 radical (unpaired) electrons. The summed E-state index contributed by atoms with van der Waals surface area (Å²) in [5.41, 5.74) is -0.976. The summed E-state index contributed by atoms with van der Waals surface area (Å²) in [5.74, 6) is 0.122. The lowest BCUT2D eigenvalue weighted by Crippen LogP contribution is -2.42. The Hall–Kier alpha value is -1.53. The number of aromatic nitrogens is 2. The fourth-order valence-corrected chi connectivity index (χ4v) is 2.53. The van der Waals surface area contributed by atoms with Crippen LogP contribution in [0.1, 0.15) is 38.3 Å². The van der Waals surface area contributed by atoms with Crippen molar-refractivity contribution in [3.8, 4) is 0 Å². The number of hydrogen-bond acceptors (Lipinski definition) is 2. The number of rotatable bonds is 3. The summed E-state index contributed by atoms with van der Waals surface area (Å²) in [7, 11) is 0. The molecular formula is C13H18F3N3O. The summed E-state index contributed by atoms with van der Waals surface area (Å²) in [6.07, 6.45) is 0.952. The highest BCUT2D eigenvalue weighted by Crippen LogP contribution is 2.27. The minimum atomic E-state index is -4.47. The van der Waals surface area contributed by atoms with Gasteiger partial charge in [-0.15, -0.1) is 0 Å². The van der Waals surface area contributed by atoms with Gasteiger partial charge in [0.2, 0.25) is 5.91 Å². The van der Waals surface area contributed by atoms with E-state index >= 15 is 0 Å². The van der Waals surface area contributed by atoms with Crippen molar-refractivity contribution in [1.29, 1.82) is 0 Å². The second-order valence-corrected chi connectivity index (χ2v) is 5.33. The van der Waals surface area contributed by atoms with Gasteiger partial charge in [0.15, 0.2) is 5.69 Å². The number of alkyl halides is 3. The molecule has 0 spiro atoms. The van der Waals surface area contributed by atoms with E-state index in [0.717, 1.165) is 30.0 Å². The van der Waals surface area contributed by atoms with Crippen LogP contribution < -0.4 is 5.32 Å². The molecule has 1 amide bonds. The van der Waals surface area contributed by atoms with Gasteiger partial charge in [0.25, 0.3) is 0 Å². The molecule has 1 N–H and O–H groups in total. The van der Waals surface area contributed by atoms with Crippen molar-refractivity contribution in [2.45, 2.75) is 51.4 Å². The molecule has 1 aliphatic rings. The zero-order valence-electron chi connectivity index (χ0n) is 11.3. The zero-order chi connectivity index (χ0) is 14.8. The average molecular weight is 289 g/mol. The van der Waals surface area contributed by atoms with Gasteiger partial charge in [0, 0.05) is 12.2 Å². The van der Waals surface area contributed by atoms with E-state index < -0.39 is 11.9 Å². The molecule has 7 heteroatoms. The molecular weight excluding hydrogens is 271 g/mol. The Morgan fingerprint density at radius 2 is 2.15 bits per heavy atom. The van der Waals surface area contributed by atoms with Crippen LogP contribution in [-0.4, -0.2) is 21.7 Å². The zero-order valence-corrected chi connectivity index (χ0v) is 11.3. The Labute approximate surface area is 115 Å². The molecule has 0 unspecified atom stereocenters.